The van der Waals surface area contributed by atoms with Crippen LogP contribution in [0.4, 0.5) is 11.4 Å². The zero-order chi connectivity index (χ0) is 20.9. The molecule has 1 amide bonds. The minimum atomic E-state index is -0.244. The molecule has 4 rings (SSSR count). The summed E-state index contributed by atoms with van der Waals surface area (Å²) < 4.78 is 7.12. The van der Waals surface area contributed by atoms with E-state index in [2.05, 4.69) is 20.3 Å². The number of nitrogens with zero attached hydrogens (tertiary/aromatic N) is 4. The first kappa shape index (κ1) is 20.1. The lowest BCUT2D eigenvalue weighted by Gasteiger charge is -2.29. The molecule has 0 saturated carbocycles. The largest absolute Gasteiger partial charge is 0.378 e. The van der Waals surface area contributed by atoms with Crippen molar-refractivity contribution in [2.24, 2.45) is 7.05 Å². The van der Waals surface area contributed by atoms with E-state index in [1.807, 2.05) is 31.4 Å². The summed E-state index contributed by atoms with van der Waals surface area (Å²) in [6, 6.07) is 7.45. The molecule has 0 aliphatic carbocycles. The molecule has 7 nitrogen and oxygen atoms in total. The number of halogens is 1. The number of rotatable bonds is 5. The van der Waals surface area contributed by atoms with Gasteiger partial charge in [-0.1, -0.05) is 11.6 Å². The first-order chi connectivity index (χ1) is 14.6. The van der Waals surface area contributed by atoms with Crippen molar-refractivity contribution in [3.63, 3.8) is 0 Å². The molecule has 1 aliphatic rings. The molecule has 0 atom stereocenters. The van der Waals surface area contributed by atoms with Crippen LogP contribution in [0.1, 0.15) is 5.56 Å². The Labute approximate surface area is 179 Å². The highest BCUT2D eigenvalue weighted by atomic mass is 35.5. The normalized spacial score (nSPS) is 14.3. The number of carbonyl (C=O) groups excluding carboxylic acids is 1. The van der Waals surface area contributed by atoms with Gasteiger partial charge in [0.05, 0.1) is 30.1 Å². The van der Waals surface area contributed by atoms with E-state index in [0.717, 1.165) is 35.5 Å². The molecule has 1 fully saturated rings. The number of hydrogen-bond acceptors (Lipinski definition) is 5. The molecule has 154 valence electrons. The second-order valence-electron chi connectivity index (χ2n) is 6.95. The molecule has 8 heteroatoms. The fraction of sp³-hybridized carbons (Fsp3) is 0.227. The predicted molar refractivity (Wildman–Crippen MR) is 119 cm³/mol. The van der Waals surface area contributed by atoms with Crippen LogP contribution in [0.3, 0.4) is 0 Å². The van der Waals surface area contributed by atoms with E-state index in [0.29, 0.717) is 23.9 Å². The van der Waals surface area contributed by atoms with Crippen LogP contribution in [0.15, 0.2) is 55.1 Å². The van der Waals surface area contributed by atoms with Crippen LogP contribution in [0, 0.1) is 0 Å². The van der Waals surface area contributed by atoms with E-state index in [9.17, 15) is 4.79 Å². The lowest BCUT2D eigenvalue weighted by molar-refractivity contribution is -0.111. The van der Waals surface area contributed by atoms with Gasteiger partial charge in [0.15, 0.2) is 0 Å². The number of aromatic nitrogens is 3. The molecule has 0 bridgehead atoms. The van der Waals surface area contributed by atoms with Crippen molar-refractivity contribution in [2.45, 2.75) is 0 Å². The summed E-state index contributed by atoms with van der Waals surface area (Å²) in [6.07, 6.45) is 10.4. The van der Waals surface area contributed by atoms with Crippen molar-refractivity contribution in [1.29, 1.82) is 0 Å². The summed E-state index contributed by atoms with van der Waals surface area (Å²) in [6.45, 7) is 2.99. The number of carbonyl (C=O) groups is 1. The van der Waals surface area contributed by atoms with E-state index in [1.165, 1.54) is 6.08 Å². The van der Waals surface area contributed by atoms with Crippen molar-refractivity contribution in [1.82, 2.24) is 14.8 Å². The monoisotopic (exact) mass is 423 g/mol. The molecule has 1 aliphatic heterocycles. The van der Waals surface area contributed by atoms with Gasteiger partial charge in [-0.25, -0.2) is 0 Å². The van der Waals surface area contributed by atoms with Gasteiger partial charge < -0.3 is 15.0 Å². The van der Waals surface area contributed by atoms with Crippen LogP contribution in [0.25, 0.3) is 17.2 Å². The maximum absolute atomic E-state index is 12.4. The number of pyridine rings is 1. The van der Waals surface area contributed by atoms with Gasteiger partial charge in [0, 0.05) is 61.6 Å². The number of hydrogen-bond donors (Lipinski definition) is 1. The fourth-order valence-corrected chi connectivity index (χ4v) is 3.66. The fourth-order valence-electron chi connectivity index (χ4n) is 3.36. The number of aryl methyl sites for hydroxylation is 1. The van der Waals surface area contributed by atoms with E-state index >= 15 is 0 Å². The lowest BCUT2D eigenvalue weighted by atomic mass is 10.0. The third kappa shape index (κ3) is 4.69. The lowest BCUT2D eigenvalue weighted by Crippen LogP contribution is -2.36. The molecular weight excluding hydrogens is 402 g/mol. The molecule has 30 heavy (non-hydrogen) atoms. The number of morpholine rings is 1. The standard InChI is InChI=1S/C22H22ClN5O2/c1-27-15-17(14-25-27)19-6-7-24-13-16(19)2-5-22(29)26-18-3-4-21(20(23)12-18)28-8-10-30-11-9-28/h2-7,12-15H,8-11H2,1H3,(H,26,29)/b5-2+. The Balaban J connectivity index is 1.45. The Kier molecular flexibility index (Phi) is 6.11. The second kappa shape index (κ2) is 9.11. The first-order valence-electron chi connectivity index (χ1n) is 9.64. The van der Waals surface area contributed by atoms with E-state index < -0.39 is 0 Å². The van der Waals surface area contributed by atoms with Gasteiger partial charge in [0.1, 0.15) is 0 Å². The summed E-state index contributed by atoms with van der Waals surface area (Å²) in [5, 5.41) is 7.66. The molecule has 3 aromatic rings. The van der Waals surface area contributed by atoms with Gasteiger partial charge in [0.25, 0.3) is 0 Å². The number of anilines is 2. The van der Waals surface area contributed by atoms with Crippen LogP contribution in [0.5, 0.6) is 0 Å². The van der Waals surface area contributed by atoms with Gasteiger partial charge in [-0.3, -0.25) is 14.5 Å². The highest BCUT2D eigenvalue weighted by molar-refractivity contribution is 6.33. The van der Waals surface area contributed by atoms with E-state index in [4.69, 9.17) is 16.3 Å². The molecular formula is C22H22ClN5O2. The second-order valence-corrected chi connectivity index (χ2v) is 7.36. The van der Waals surface area contributed by atoms with Gasteiger partial charge in [0.2, 0.25) is 5.91 Å². The van der Waals surface area contributed by atoms with Gasteiger partial charge in [-0.2, -0.15) is 5.10 Å². The van der Waals surface area contributed by atoms with Crippen molar-refractivity contribution in [3.8, 4) is 11.1 Å². The van der Waals surface area contributed by atoms with Gasteiger partial charge in [-0.15, -0.1) is 0 Å². The number of nitrogens with one attached hydrogen (secondary N) is 1. The van der Waals surface area contributed by atoms with Crippen molar-refractivity contribution in [3.05, 3.63) is 65.7 Å². The quantitative estimate of drug-likeness (QED) is 0.634. The smallest absolute Gasteiger partial charge is 0.248 e. The molecule has 0 unspecified atom stereocenters. The van der Waals surface area contributed by atoms with Crippen LogP contribution < -0.4 is 10.2 Å². The third-order valence-corrected chi connectivity index (χ3v) is 5.15. The molecule has 1 N–H and O–H groups in total. The average Bonchev–Trinajstić information content (AvgIpc) is 3.19. The van der Waals surface area contributed by atoms with Gasteiger partial charge >= 0.3 is 0 Å². The number of amides is 1. The minimum Gasteiger partial charge on any atom is -0.378 e. The zero-order valence-corrected chi connectivity index (χ0v) is 17.3. The highest BCUT2D eigenvalue weighted by Crippen LogP contribution is 2.29. The minimum absolute atomic E-state index is 0.244. The molecule has 1 aromatic carbocycles. The molecule has 2 aromatic heterocycles. The number of benzene rings is 1. The maximum Gasteiger partial charge on any atom is 0.248 e. The zero-order valence-electron chi connectivity index (χ0n) is 16.6. The Morgan fingerprint density at radius 3 is 2.80 bits per heavy atom. The van der Waals surface area contributed by atoms with E-state index in [1.54, 1.807) is 35.4 Å². The maximum atomic E-state index is 12.4. The SMILES string of the molecule is Cn1cc(-c2ccncc2/C=C/C(=O)Nc2ccc(N3CCOCC3)c(Cl)c2)cn1. The average molecular weight is 424 g/mol. The molecule has 3 heterocycles. The Bertz CT molecular complexity index is 1070. The number of ether oxygens (including phenoxy) is 1. The topological polar surface area (TPSA) is 72.3 Å². The van der Waals surface area contributed by atoms with Crippen molar-refractivity contribution in [2.75, 3.05) is 36.5 Å². The van der Waals surface area contributed by atoms with Crippen LogP contribution in [-0.2, 0) is 16.6 Å². The summed E-state index contributed by atoms with van der Waals surface area (Å²) in [7, 11) is 1.86. The third-order valence-electron chi connectivity index (χ3n) is 4.85. The summed E-state index contributed by atoms with van der Waals surface area (Å²) >= 11 is 6.44. The Hall–Kier alpha value is -3.16. The Morgan fingerprint density at radius 2 is 2.07 bits per heavy atom. The first-order valence-corrected chi connectivity index (χ1v) is 10.0. The molecule has 1 saturated heterocycles. The molecule has 0 spiro atoms. The molecule has 0 radical (unpaired) electrons. The van der Waals surface area contributed by atoms with Crippen molar-refractivity contribution >= 4 is 35.0 Å². The van der Waals surface area contributed by atoms with Crippen LogP contribution in [0.2, 0.25) is 5.02 Å². The summed E-state index contributed by atoms with van der Waals surface area (Å²) in [5.74, 6) is -0.244. The van der Waals surface area contributed by atoms with Crippen molar-refractivity contribution < 1.29 is 9.53 Å². The Morgan fingerprint density at radius 1 is 1.23 bits per heavy atom. The predicted octanol–water partition coefficient (Wildman–Crippen LogP) is 3.62. The van der Waals surface area contributed by atoms with Gasteiger partial charge in [-0.05, 0) is 35.9 Å². The van der Waals surface area contributed by atoms with Crippen LogP contribution in [-0.4, -0.2) is 47.0 Å². The highest BCUT2D eigenvalue weighted by Gasteiger charge is 2.14. The summed E-state index contributed by atoms with van der Waals surface area (Å²) in [4.78, 5) is 18.8. The summed E-state index contributed by atoms with van der Waals surface area (Å²) in [5.41, 5.74) is 4.35. The van der Waals surface area contributed by atoms with Crippen LogP contribution >= 0.6 is 11.6 Å². The van der Waals surface area contributed by atoms with E-state index in [-0.39, 0.29) is 5.91 Å².